The van der Waals surface area contributed by atoms with E-state index in [-0.39, 0.29) is 28.8 Å². The molecule has 3 saturated carbocycles. The molecule has 0 aliphatic heterocycles. The first-order chi connectivity index (χ1) is 17.2. The molecule has 0 unspecified atom stereocenters. The lowest BCUT2D eigenvalue weighted by atomic mass is 9.47. The van der Waals surface area contributed by atoms with Crippen molar-refractivity contribution < 1.29 is 23.9 Å². The molecule has 6 heteroatoms. The number of amides is 1. The fourth-order valence-electron chi connectivity index (χ4n) is 8.22. The Kier molecular flexibility index (Phi) is 6.73. The number of Topliss-reactive ketones (excluding diaryl/α,β-unsaturated/α-hetero) is 1. The van der Waals surface area contributed by atoms with Gasteiger partial charge >= 0.3 is 5.97 Å². The normalized spacial score (nSPS) is 35.1. The zero-order chi connectivity index (χ0) is 25.5. The van der Waals surface area contributed by atoms with E-state index in [0.717, 1.165) is 50.7 Å². The van der Waals surface area contributed by atoms with Crippen molar-refractivity contribution in [2.24, 2.45) is 28.6 Å². The van der Waals surface area contributed by atoms with Gasteiger partial charge in [-0.3, -0.25) is 14.4 Å². The SMILES string of the molecule is COc1ccc(C(=O)NCC[C@]23CC[C@H]4[C@@H](CC=C5C[C@@H](OC(C)=O)CC[C@@]54C)[C@@H]2CC(=O)C3)cc1. The number of methoxy groups -OCH3 is 1. The molecule has 194 valence electrons. The molecule has 0 radical (unpaired) electrons. The Morgan fingerprint density at radius 2 is 1.86 bits per heavy atom. The van der Waals surface area contributed by atoms with Gasteiger partial charge in [-0.15, -0.1) is 0 Å². The van der Waals surface area contributed by atoms with E-state index in [0.29, 0.717) is 48.5 Å². The Labute approximate surface area is 214 Å². The van der Waals surface area contributed by atoms with Gasteiger partial charge in [-0.1, -0.05) is 18.6 Å². The maximum atomic E-state index is 12.8. The van der Waals surface area contributed by atoms with Crippen molar-refractivity contribution in [2.75, 3.05) is 13.7 Å². The summed E-state index contributed by atoms with van der Waals surface area (Å²) in [7, 11) is 1.61. The fourth-order valence-corrected chi connectivity index (χ4v) is 8.22. The Bertz CT molecular complexity index is 1060. The van der Waals surface area contributed by atoms with E-state index >= 15 is 0 Å². The molecule has 6 atom stereocenters. The first-order valence-corrected chi connectivity index (χ1v) is 13.5. The number of fused-ring (bicyclic) bond motifs is 5. The summed E-state index contributed by atoms with van der Waals surface area (Å²) in [5.41, 5.74) is 2.23. The van der Waals surface area contributed by atoms with Crippen molar-refractivity contribution in [1.82, 2.24) is 5.32 Å². The highest BCUT2D eigenvalue weighted by Gasteiger charge is 2.58. The van der Waals surface area contributed by atoms with Crippen LogP contribution in [0.1, 0.15) is 82.0 Å². The van der Waals surface area contributed by atoms with E-state index in [9.17, 15) is 14.4 Å². The van der Waals surface area contributed by atoms with Crippen LogP contribution in [-0.2, 0) is 14.3 Å². The lowest BCUT2D eigenvalue weighted by Gasteiger charge is -2.57. The highest BCUT2D eigenvalue weighted by atomic mass is 16.5. The van der Waals surface area contributed by atoms with Crippen molar-refractivity contribution in [3.05, 3.63) is 41.5 Å². The topological polar surface area (TPSA) is 81.7 Å². The molecule has 1 aromatic carbocycles. The average Bonchev–Trinajstić information content (AvgIpc) is 3.20. The van der Waals surface area contributed by atoms with Gasteiger partial charge in [0.1, 0.15) is 17.6 Å². The highest BCUT2D eigenvalue weighted by Crippen LogP contribution is 2.65. The standard InChI is InChI=1S/C30H39NO5/c1-19(32)36-24-10-12-29(2)21(16-24)6-9-25-26(29)11-13-30(18-22(33)17-27(25)30)14-15-31-28(34)20-4-7-23(35-3)8-5-20/h4-8,24-27H,9-18H2,1-3H3,(H,31,34)/t24-,25+,26-,27-,29-,30-/m0/s1. The van der Waals surface area contributed by atoms with Crippen molar-refractivity contribution in [3.8, 4) is 5.75 Å². The smallest absolute Gasteiger partial charge is 0.302 e. The van der Waals surface area contributed by atoms with E-state index in [1.54, 1.807) is 31.4 Å². The van der Waals surface area contributed by atoms with Gasteiger partial charge in [0.15, 0.2) is 0 Å². The number of hydrogen-bond donors (Lipinski definition) is 1. The Morgan fingerprint density at radius 3 is 2.58 bits per heavy atom. The van der Waals surface area contributed by atoms with Gasteiger partial charge in [0.05, 0.1) is 7.11 Å². The van der Waals surface area contributed by atoms with Gasteiger partial charge in [-0.05, 0) is 91.4 Å². The van der Waals surface area contributed by atoms with E-state index in [2.05, 4.69) is 18.3 Å². The van der Waals surface area contributed by atoms with E-state index in [1.165, 1.54) is 12.5 Å². The van der Waals surface area contributed by atoms with Crippen LogP contribution in [0, 0.1) is 28.6 Å². The molecule has 1 amide bonds. The van der Waals surface area contributed by atoms with E-state index in [4.69, 9.17) is 9.47 Å². The predicted octanol–water partition coefficient (Wildman–Crippen LogP) is 5.26. The summed E-state index contributed by atoms with van der Waals surface area (Å²) in [5, 5.41) is 3.11. The van der Waals surface area contributed by atoms with E-state index < -0.39 is 0 Å². The molecule has 4 aliphatic carbocycles. The maximum Gasteiger partial charge on any atom is 0.302 e. The Balaban J connectivity index is 1.27. The van der Waals surface area contributed by atoms with Gasteiger partial charge in [-0.2, -0.15) is 0 Å². The van der Waals surface area contributed by atoms with Gasteiger partial charge in [0.25, 0.3) is 5.91 Å². The molecule has 0 heterocycles. The molecule has 0 aromatic heterocycles. The minimum Gasteiger partial charge on any atom is -0.497 e. The monoisotopic (exact) mass is 493 g/mol. The molecule has 1 aromatic rings. The summed E-state index contributed by atoms with van der Waals surface area (Å²) >= 11 is 0. The van der Waals surface area contributed by atoms with Crippen LogP contribution in [0.4, 0.5) is 0 Å². The van der Waals surface area contributed by atoms with Crippen molar-refractivity contribution >= 4 is 17.7 Å². The molecule has 3 fully saturated rings. The van der Waals surface area contributed by atoms with Gasteiger partial charge < -0.3 is 14.8 Å². The Hall–Kier alpha value is -2.63. The molecule has 0 bridgehead atoms. The van der Waals surface area contributed by atoms with Crippen LogP contribution >= 0.6 is 0 Å². The summed E-state index contributed by atoms with van der Waals surface area (Å²) in [4.78, 5) is 37.0. The molecule has 6 nitrogen and oxygen atoms in total. The minimum atomic E-state index is -0.191. The number of carbonyl (C=O) groups excluding carboxylic acids is 3. The third kappa shape index (κ3) is 4.48. The molecule has 1 N–H and O–H groups in total. The second-order valence-electron chi connectivity index (χ2n) is 11.8. The van der Waals surface area contributed by atoms with Crippen LogP contribution in [-0.4, -0.2) is 37.4 Å². The largest absolute Gasteiger partial charge is 0.497 e. The number of carbonyl (C=O) groups is 3. The van der Waals surface area contributed by atoms with Crippen LogP contribution in [0.2, 0.25) is 0 Å². The number of benzene rings is 1. The number of esters is 1. The Morgan fingerprint density at radius 1 is 1.08 bits per heavy atom. The molecule has 0 saturated heterocycles. The minimum absolute atomic E-state index is 0.00207. The lowest BCUT2D eigenvalue weighted by Crippen LogP contribution is -2.50. The maximum absolute atomic E-state index is 12.8. The zero-order valence-electron chi connectivity index (χ0n) is 21.8. The van der Waals surface area contributed by atoms with E-state index in [1.807, 2.05) is 0 Å². The second kappa shape index (κ2) is 9.68. The summed E-state index contributed by atoms with van der Waals surface area (Å²) in [6.45, 7) is 4.50. The first-order valence-electron chi connectivity index (χ1n) is 13.5. The van der Waals surface area contributed by atoms with Crippen LogP contribution in [0.15, 0.2) is 35.9 Å². The number of allylic oxidation sites excluding steroid dienone is 1. The third-order valence-electron chi connectivity index (χ3n) is 9.99. The van der Waals surface area contributed by atoms with Gasteiger partial charge in [-0.25, -0.2) is 0 Å². The van der Waals surface area contributed by atoms with Crippen LogP contribution < -0.4 is 10.1 Å². The summed E-state index contributed by atoms with van der Waals surface area (Å²) < 4.78 is 10.7. The summed E-state index contributed by atoms with van der Waals surface area (Å²) in [6.07, 6.45) is 10.6. The number of ether oxygens (including phenoxy) is 2. The fraction of sp³-hybridized carbons (Fsp3) is 0.633. The number of hydrogen-bond acceptors (Lipinski definition) is 5. The number of ketones is 1. The molecular formula is C30H39NO5. The molecular weight excluding hydrogens is 454 g/mol. The number of rotatable bonds is 6. The summed E-state index contributed by atoms with van der Waals surface area (Å²) in [5.74, 6) is 2.33. The lowest BCUT2D eigenvalue weighted by molar-refractivity contribution is -0.148. The second-order valence-corrected chi connectivity index (χ2v) is 11.8. The zero-order valence-corrected chi connectivity index (χ0v) is 21.8. The predicted molar refractivity (Wildman–Crippen MR) is 137 cm³/mol. The average molecular weight is 494 g/mol. The number of nitrogens with one attached hydrogen (secondary N) is 1. The van der Waals surface area contributed by atoms with Crippen LogP contribution in [0.5, 0.6) is 5.75 Å². The van der Waals surface area contributed by atoms with Crippen LogP contribution in [0.25, 0.3) is 0 Å². The quantitative estimate of drug-likeness (QED) is 0.432. The first kappa shape index (κ1) is 25.0. The molecule has 36 heavy (non-hydrogen) atoms. The molecule has 4 aliphatic rings. The highest BCUT2D eigenvalue weighted by molar-refractivity contribution is 5.94. The van der Waals surface area contributed by atoms with Crippen molar-refractivity contribution in [1.29, 1.82) is 0 Å². The van der Waals surface area contributed by atoms with Gasteiger partial charge in [0.2, 0.25) is 0 Å². The molecule has 0 spiro atoms. The van der Waals surface area contributed by atoms with Crippen LogP contribution in [0.3, 0.4) is 0 Å². The molecule has 5 rings (SSSR count). The van der Waals surface area contributed by atoms with Crippen molar-refractivity contribution in [3.63, 3.8) is 0 Å². The van der Waals surface area contributed by atoms with Crippen molar-refractivity contribution in [2.45, 2.75) is 77.7 Å². The third-order valence-corrected chi connectivity index (χ3v) is 9.99. The summed E-state index contributed by atoms with van der Waals surface area (Å²) in [6, 6.07) is 7.15. The van der Waals surface area contributed by atoms with Gasteiger partial charge in [0, 0.05) is 38.3 Å².